The maximum absolute atomic E-state index is 13.1. The quantitative estimate of drug-likeness (QED) is 0.644. The van der Waals surface area contributed by atoms with Crippen LogP contribution < -0.4 is 14.8 Å². The van der Waals surface area contributed by atoms with E-state index in [-0.39, 0.29) is 11.8 Å². The van der Waals surface area contributed by atoms with Crippen molar-refractivity contribution in [2.45, 2.75) is 25.3 Å². The molecule has 0 saturated carbocycles. The first-order chi connectivity index (χ1) is 14.2. The molecule has 1 aliphatic heterocycles. The second kappa shape index (κ2) is 6.96. The van der Waals surface area contributed by atoms with Gasteiger partial charge in [0.25, 0.3) is 0 Å². The van der Waals surface area contributed by atoms with Crippen LogP contribution in [0, 0.1) is 0 Å². The van der Waals surface area contributed by atoms with Crippen LogP contribution in [0.2, 0.25) is 0 Å². The van der Waals surface area contributed by atoms with Gasteiger partial charge in [-0.05, 0) is 52.9 Å². The second-order valence-electron chi connectivity index (χ2n) is 7.58. The van der Waals surface area contributed by atoms with Crippen LogP contribution in [-0.2, 0) is 4.79 Å². The van der Waals surface area contributed by atoms with E-state index in [1.54, 1.807) is 14.2 Å². The average Bonchev–Trinajstić information content (AvgIpc) is 2.77. The molecule has 146 valence electrons. The Bertz CT molecular complexity index is 1160. The molecule has 0 bridgehead atoms. The first kappa shape index (κ1) is 17.8. The number of ketones is 1. The fourth-order valence-electron chi connectivity index (χ4n) is 4.68. The summed E-state index contributed by atoms with van der Waals surface area (Å²) in [6.07, 6.45) is 2.42. The summed E-state index contributed by atoms with van der Waals surface area (Å²) in [6.45, 7) is 0. The highest BCUT2D eigenvalue weighted by molar-refractivity contribution is 6.27. The normalized spacial score (nSPS) is 18.1. The standard InChI is InChI=1S/C25H23NO3/c1-28-21-13-11-16(14-22(21)29-2)25-18-8-5-9-20(27)24(18)23-17-7-4-3-6-15(17)10-12-19(23)26-25/h3-4,6-7,10-14,25-26H,5,8-9H2,1-2H3/t25-/m1/s1. The number of hydrogen-bond donors (Lipinski definition) is 1. The van der Waals surface area contributed by atoms with Crippen molar-refractivity contribution in [2.24, 2.45) is 0 Å². The van der Waals surface area contributed by atoms with E-state index in [1.807, 2.05) is 24.3 Å². The van der Waals surface area contributed by atoms with Crippen molar-refractivity contribution in [1.82, 2.24) is 0 Å². The molecule has 0 saturated heterocycles. The van der Waals surface area contributed by atoms with Crippen LogP contribution in [0.25, 0.3) is 16.3 Å². The molecule has 2 aliphatic rings. The van der Waals surface area contributed by atoms with Crippen molar-refractivity contribution in [3.8, 4) is 11.5 Å². The number of nitrogens with one attached hydrogen (secondary N) is 1. The Morgan fingerprint density at radius 3 is 2.59 bits per heavy atom. The molecule has 0 aromatic heterocycles. The summed E-state index contributed by atoms with van der Waals surface area (Å²) in [5.41, 5.74) is 5.22. The lowest BCUT2D eigenvalue weighted by atomic mass is 9.77. The van der Waals surface area contributed by atoms with Crippen molar-refractivity contribution in [3.05, 3.63) is 71.3 Å². The molecule has 5 rings (SSSR count). The minimum absolute atomic E-state index is 0.0530. The van der Waals surface area contributed by atoms with E-state index in [1.165, 1.54) is 5.57 Å². The second-order valence-corrected chi connectivity index (χ2v) is 7.58. The minimum Gasteiger partial charge on any atom is -0.493 e. The van der Waals surface area contributed by atoms with Crippen molar-refractivity contribution in [3.63, 3.8) is 0 Å². The molecular formula is C25H23NO3. The zero-order valence-corrected chi connectivity index (χ0v) is 16.6. The van der Waals surface area contributed by atoms with Gasteiger partial charge in [0.1, 0.15) is 0 Å². The Hall–Kier alpha value is -3.27. The monoisotopic (exact) mass is 385 g/mol. The van der Waals surface area contributed by atoms with E-state index >= 15 is 0 Å². The zero-order valence-electron chi connectivity index (χ0n) is 16.6. The lowest BCUT2D eigenvalue weighted by molar-refractivity contribution is -0.114. The van der Waals surface area contributed by atoms with Gasteiger partial charge in [0.15, 0.2) is 17.3 Å². The zero-order chi connectivity index (χ0) is 20.0. The van der Waals surface area contributed by atoms with Gasteiger partial charge in [-0.3, -0.25) is 4.79 Å². The third-order valence-electron chi connectivity index (χ3n) is 6.02. The summed E-state index contributed by atoms with van der Waals surface area (Å²) < 4.78 is 10.9. The molecule has 3 aromatic rings. The minimum atomic E-state index is -0.0530. The number of benzene rings is 3. The number of allylic oxidation sites excluding steroid dienone is 1. The Kier molecular flexibility index (Phi) is 4.27. The molecule has 4 nitrogen and oxygen atoms in total. The molecule has 1 atom stereocenters. The van der Waals surface area contributed by atoms with E-state index in [0.29, 0.717) is 17.9 Å². The van der Waals surface area contributed by atoms with Gasteiger partial charge in [0, 0.05) is 23.2 Å². The van der Waals surface area contributed by atoms with Crippen LogP contribution in [0.1, 0.15) is 36.4 Å². The van der Waals surface area contributed by atoms with Crippen LogP contribution in [0.3, 0.4) is 0 Å². The van der Waals surface area contributed by atoms with Gasteiger partial charge in [-0.2, -0.15) is 0 Å². The summed E-state index contributed by atoms with van der Waals surface area (Å²) in [6, 6.07) is 18.4. The number of Topliss-reactive ketones (excluding diaryl/α,β-unsaturated/α-hetero) is 1. The molecule has 0 amide bonds. The maximum atomic E-state index is 13.1. The topological polar surface area (TPSA) is 47.6 Å². The summed E-state index contributed by atoms with van der Waals surface area (Å²) in [7, 11) is 3.28. The molecule has 0 fully saturated rings. The summed E-state index contributed by atoms with van der Waals surface area (Å²) in [5, 5.41) is 5.99. The van der Waals surface area contributed by atoms with E-state index in [4.69, 9.17) is 9.47 Å². The van der Waals surface area contributed by atoms with Crippen LogP contribution in [0.15, 0.2) is 60.2 Å². The lowest BCUT2D eigenvalue weighted by Gasteiger charge is -2.35. The van der Waals surface area contributed by atoms with Crippen LogP contribution in [0.5, 0.6) is 11.5 Å². The number of hydrogen-bond acceptors (Lipinski definition) is 4. The Labute approximate surface area is 170 Å². The predicted octanol–water partition coefficient (Wildman–Crippen LogP) is 5.53. The van der Waals surface area contributed by atoms with Crippen molar-refractivity contribution < 1.29 is 14.3 Å². The van der Waals surface area contributed by atoms with Crippen LogP contribution >= 0.6 is 0 Å². The highest BCUT2D eigenvalue weighted by atomic mass is 16.5. The fourth-order valence-corrected chi connectivity index (χ4v) is 4.68. The largest absolute Gasteiger partial charge is 0.493 e. The molecule has 0 unspecified atom stereocenters. The first-order valence-corrected chi connectivity index (χ1v) is 9.98. The predicted molar refractivity (Wildman–Crippen MR) is 116 cm³/mol. The molecule has 29 heavy (non-hydrogen) atoms. The van der Waals surface area contributed by atoms with E-state index in [9.17, 15) is 4.79 Å². The van der Waals surface area contributed by atoms with Crippen molar-refractivity contribution >= 4 is 27.8 Å². The van der Waals surface area contributed by atoms with E-state index in [2.05, 4.69) is 35.6 Å². The molecule has 1 aliphatic carbocycles. The Morgan fingerprint density at radius 1 is 0.931 bits per heavy atom. The number of ether oxygens (including phenoxy) is 2. The first-order valence-electron chi connectivity index (χ1n) is 9.98. The Morgan fingerprint density at radius 2 is 1.76 bits per heavy atom. The van der Waals surface area contributed by atoms with E-state index < -0.39 is 0 Å². The van der Waals surface area contributed by atoms with Gasteiger partial charge in [-0.1, -0.05) is 36.4 Å². The molecule has 4 heteroatoms. The molecule has 1 N–H and O–H groups in total. The van der Waals surface area contributed by atoms with Crippen LogP contribution in [0.4, 0.5) is 5.69 Å². The number of methoxy groups -OCH3 is 2. The highest BCUT2D eigenvalue weighted by Gasteiger charge is 2.34. The molecule has 3 aromatic carbocycles. The Balaban J connectivity index is 1.73. The number of carbonyl (C=O) groups excluding carboxylic acids is 1. The summed E-state index contributed by atoms with van der Waals surface area (Å²) in [4.78, 5) is 13.1. The number of rotatable bonds is 3. The van der Waals surface area contributed by atoms with Gasteiger partial charge in [-0.15, -0.1) is 0 Å². The van der Waals surface area contributed by atoms with Crippen molar-refractivity contribution in [2.75, 3.05) is 19.5 Å². The third-order valence-corrected chi connectivity index (χ3v) is 6.02. The van der Waals surface area contributed by atoms with Gasteiger partial charge >= 0.3 is 0 Å². The summed E-state index contributed by atoms with van der Waals surface area (Å²) in [5.74, 6) is 1.64. The molecule has 0 spiro atoms. The van der Waals surface area contributed by atoms with Crippen molar-refractivity contribution in [1.29, 1.82) is 0 Å². The average molecular weight is 385 g/mol. The SMILES string of the molecule is COc1ccc([C@H]2Nc3ccc4ccccc4c3C3=C2CCCC3=O)cc1OC. The van der Waals surface area contributed by atoms with Gasteiger partial charge in [0.2, 0.25) is 0 Å². The number of carbonyl (C=O) groups is 1. The van der Waals surface area contributed by atoms with Crippen LogP contribution in [-0.4, -0.2) is 20.0 Å². The summed E-state index contributed by atoms with van der Waals surface area (Å²) >= 11 is 0. The smallest absolute Gasteiger partial charge is 0.163 e. The third kappa shape index (κ3) is 2.79. The number of anilines is 1. The molecular weight excluding hydrogens is 362 g/mol. The molecule has 0 radical (unpaired) electrons. The van der Waals surface area contributed by atoms with Gasteiger partial charge in [-0.25, -0.2) is 0 Å². The van der Waals surface area contributed by atoms with E-state index in [0.717, 1.165) is 46.0 Å². The van der Waals surface area contributed by atoms with Gasteiger partial charge < -0.3 is 14.8 Å². The highest BCUT2D eigenvalue weighted by Crippen LogP contribution is 2.48. The maximum Gasteiger partial charge on any atom is 0.163 e. The molecule has 1 heterocycles. The van der Waals surface area contributed by atoms with Gasteiger partial charge in [0.05, 0.1) is 20.3 Å². The fraction of sp³-hybridized carbons (Fsp3) is 0.240. The number of fused-ring (bicyclic) bond motifs is 4. The lowest BCUT2D eigenvalue weighted by Crippen LogP contribution is -2.25.